The molecule has 2 N–H and O–H groups in total. The largest absolute Gasteiger partial charge is 0.505 e. The van der Waals surface area contributed by atoms with Crippen molar-refractivity contribution in [1.82, 2.24) is 15.0 Å². The second kappa shape index (κ2) is 8.03. The molecule has 0 aliphatic carbocycles. The molecule has 0 spiro atoms. The van der Waals surface area contributed by atoms with Gasteiger partial charge in [0.25, 0.3) is 0 Å². The Morgan fingerprint density at radius 2 is 1.84 bits per heavy atom. The molecule has 158 valence electrons. The minimum Gasteiger partial charge on any atom is -0.505 e. The number of phenols is 1. The number of fused-ring (bicyclic) bond motifs is 1. The smallest absolute Gasteiger partial charge is 0.416 e. The molecule has 0 radical (unpaired) electrons. The van der Waals surface area contributed by atoms with E-state index >= 15 is 0 Å². The van der Waals surface area contributed by atoms with Gasteiger partial charge in [-0.15, -0.1) is 0 Å². The maximum atomic E-state index is 13.3. The summed E-state index contributed by atoms with van der Waals surface area (Å²) in [6.07, 6.45) is -1.36. The molecule has 31 heavy (non-hydrogen) atoms. The SMILES string of the molecule is Cc1ccnc(Nc2cc(C(F)(F)F)ccc2Cc2cc(Cl)c3cccnc3c2O)n1. The predicted octanol–water partition coefficient (Wildman–Crippen LogP) is 6.05. The number of aryl methyl sites for hydroxylation is 1. The Labute approximate surface area is 180 Å². The maximum absolute atomic E-state index is 13.3. The monoisotopic (exact) mass is 444 g/mol. The molecule has 5 nitrogen and oxygen atoms in total. The lowest BCUT2D eigenvalue weighted by Crippen LogP contribution is -2.08. The predicted molar refractivity (Wildman–Crippen MR) is 113 cm³/mol. The Morgan fingerprint density at radius 3 is 2.58 bits per heavy atom. The fourth-order valence-electron chi connectivity index (χ4n) is 3.23. The van der Waals surface area contributed by atoms with Crippen molar-refractivity contribution in [3.8, 4) is 5.75 Å². The molecule has 4 aromatic rings. The summed E-state index contributed by atoms with van der Waals surface area (Å²) in [7, 11) is 0. The second-order valence-electron chi connectivity index (χ2n) is 6.96. The van der Waals surface area contributed by atoms with Gasteiger partial charge in [0, 0.05) is 41.1 Å². The number of hydrogen-bond acceptors (Lipinski definition) is 5. The number of pyridine rings is 1. The summed E-state index contributed by atoms with van der Waals surface area (Å²) < 4.78 is 39.9. The summed E-state index contributed by atoms with van der Waals surface area (Å²) in [4.78, 5) is 12.4. The van der Waals surface area contributed by atoms with Gasteiger partial charge in [0.15, 0.2) is 0 Å². The second-order valence-corrected chi connectivity index (χ2v) is 7.37. The van der Waals surface area contributed by atoms with Gasteiger partial charge in [-0.2, -0.15) is 13.2 Å². The highest BCUT2D eigenvalue weighted by Crippen LogP contribution is 2.37. The van der Waals surface area contributed by atoms with E-state index in [1.807, 2.05) is 0 Å². The number of benzene rings is 2. The van der Waals surface area contributed by atoms with Crippen molar-refractivity contribution >= 4 is 34.1 Å². The number of nitrogens with one attached hydrogen (secondary N) is 1. The van der Waals surface area contributed by atoms with Gasteiger partial charge in [0.1, 0.15) is 11.3 Å². The fraction of sp³-hybridized carbons (Fsp3) is 0.136. The number of hydrogen-bond donors (Lipinski definition) is 2. The lowest BCUT2D eigenvalue weighted by molar-refractivity contribution is -0.137. The quantitative estimate of drug-likeness (QED) is 0.401. The van der Waals surface area contributed by atoms with Crippen LogP contribution in [-0.4, -0.2) is 20.1 Å². The van der Waals surface area contributed by atoms with E-state index in [2.05, 4.69) is 20.3 Å². The van der Waals surface area contributed by atoms with Gasteiger partial charge < -0.3 is 10.4 Å². The van der Waals surface area contributed by atoms with Crippen LogP contribution >= 0.6 is 11.6 Å². The van der Waals surface area contributed by atoms with E-state index in [-0.39, 0.29) is 23.8 Å². The van der Waals surface area contributed by atoms with Crippen LogP contribution in [0.25, 0.3) is 10.9 Å². The third-order valence-electron chi connectivity index (χ3n) is 4.75. The van der Waals surface area contributed by atoms with Crippen molar-refractivity contribution in [2.24, 2.45) is 0 Å². The van der Waals surface area contributed by atoms with Crippen LogP contribution in [0.15, 0.2) is 54.9 Å². The lowest BCUT2D eigenvalue weighted by Gasteiger charge is -2.16. The number of phenolic OH excluding ortho intramolecular Hbond substituents is 1. The summed E-state index contributed by atoms with van der Waals surface area (Å²) in [5.74, 6) is 0.0978. The first-order chi connectivity index (χ1) is 14.7. The summed E-state index contributed by atoms with van der Waals surface area (Å²) in [6.45, 7) is 1.75. The molecule has 0 amide bonds. The van der Waals surface area contributed by atoms with Gasteiger partial charge in [0.05, 0.1) is 10.6 Å². The molecule has 0 atom stereocenters. The molecular formula is C22H16ClF3N4O. The van der Waals surface area contributed by atoms with Crippen LogP contribution in [0.4, 0.5) is 24.8 Å². The molecule has 0 saturated carbocycles. The van der Waals surface area contributed by atoms with Crippen molar-refractivity contribution in [3.63, 3.8) is 0 Å². The molecule has 0 aliphatic rings. The minimum absolute atomic E-state index is 0.0716. The van der Waals surface area contributed by atoms with E-state index in [9.17, 15) is 18.3 Å². The van der Waals surface area contributed by atoms with E-state index in [0.717, 1.165) is 12.1 Å². The number of aromatic hydroxyl groups is 1. The molecule has 4 rings (SSSR count). The van der Waals surface area contributed by atoms with E-state index in [1.165, 1.54) is 18.5 Å². The zero-order valence-electron chi connectivity index (χ0n) is 16.2. The van der Waals surface area contributed by atoms with Crippen LogP contribution in [-0.2, 0) is 12.6 Å². The molecule has 9 heteroatoms. The van der Waals surface area contributed by atoms with Gasteiger partial charge >= 0.3 is 6.18 Å². The zero-order valence-corrected chi connectivity index (χ0v) is 17.0. The third-order valence-corrected chi connectivity index (χ3v) is 5.07. The number of alkyl halides is 3. The summed E-state index contributed by atoms with van der Waals surface area (Å²) in [6, 6.07) is 10.1. The number of nitrogens with zero attached hydrogens (tertiary/aromatic N) is 3. The summed E-state index contributed by atoms with van der Waals surface area (Å²) in [5.41, 5.74) is 1.29. The van der Waals surface area contributed by atoms with Crippen molar-refractivity contribution in [2.75, 3.05) is 5.32 Å². The first kappa shape index (κ1) is 20.9. The third kappa shape index (κ3) is 4.39. The van der Waals surface area contributed by atoms with Gasteiger partial charge in [-0.1, -0.05) is 17.7 Å². The molecule has 2 heterocycles. The number of halogens is 4. The van der Waals surface area contributed by atoms with E-state index in [1.54, 1.807) is 31.2 Å². The first-order valence-corrected chi connectivity index (χ1v) is 9.62. The van der Waals surface area contributed by atoms with E-state index < -0.39 is 11.7 Å². The Hall–Kier alpha value is -3.39. The highest BCUT2D eigenvalue weighted by Gasteiger charge is 2.31. The zero-order chi connectivity index (χ0) is 22.2. The maximum Gasteiger partial charge on any atom is 0.416 e. The molecule has 0 bridgehead atoms. The standard InChI is InChI=1S/C22H16ClF3N4O/c1-12-6-8-28-21(29-12)30-18-11-15(22(24,25)26)5-4-13(18)9-14-10-17(23)16-3-2-7-27-19(16)20(14)31/h2-8,10-11,31H,9H2,1H3,(H,28,29,30). The van der Waals surface area contributed by atoms with Crippen molar-refractivity contribution in [2.45, 2.75) is 19.5 Å². The Kier molecular flexibility index (Phi) is 5.41. The lowest BCUT2D eigenvalue weighted by atomic mass is 9.99. The molecular weight excluding hydrogens is 429 g/mol. The molecule has 0 aliphatic heterocycles. The van der Waals surface area contributed by atoms with Gasteiger partial charge in [-0.05, 0) is 48.9 Å². The average molecular weight is 445 g/mol. The van der Waals surface area contributed by atoms with Gasteiger partial charge in [0.2, 0.25) is 5.95 Å². The average Bonchev–Trinajstić information content (AvgIpc) is 2.72. The molecule has 2 aromatic carbocycles. The Balaban J connectivity index is 1.79. The Morgan fingerprint density at radius 1 is 1.03 bits per heavy atom. The Bertz CT molecular complexity index is 1280. The molecule has 0 unspecified atom stereocenters. The van der Waals surface area contributed by atoms with Gasteiger partial charge in [-0.25, -0.2) is 9.97 Å². The van der Waals surface area contributed by atoms with Gasteiger partial charge in [-0.3, -0.25) is 4.98 Å². The fourth-order valence-corrected chi connectivity index (χ4v) is 3.51. The minimum atomic E-state index is -4.51. The van der Waals surface area contributed by atoms with E-state index in [0.29, 0.717) is 32.7 Å². The number of aromatic nitrogens is 3. The van der Waals surface area contributed by atoms with E-state index in [4.69, 9.17) is 11.6 Å². The van der Waals surface area contributed by atoms with Crippen LogP contribution in [0.2, 0.25) is 5.02 Å². The summed E-state index contributed by atoms with van der Waals surface area (Å²) >= 11 is 6.34. The van der Waals surface area contributed by atoms with Crippen molar-refractivity contribution < 1.29 is 18.3 Å². The van der Waals surface area contributed by atoms with Crippen LogP contribution in [0.3, 0.4) is 0 Å². The van der Waals surface area contributed by atoms with Crippen molar-refractivity contribution in [1.29, 1.82) is 0 Å². The molecule has 2 aromatic heterocycles. The molecule has 0 fully saturated rings. The van der Waals surface area contributed by atoms with Crippen LogP contribution < -0.4 is 5.32 Å². The van der Waals surface area contributed by atoms with Crippen LogP contribution in [0, 0.1) is 6.92 Å². The van der Waals surface area contributed by atoms with Crippen LogP contribution in [0.1, 0.15) is 22.4 Å². The highest BCUT2D eigenvalue weighted by molar-refractivity contribution is 6.35. The van der Waals surface area contributed by atoms with Crippen LogP contribution in [0.5, 0.6) is 5.75 Å². The summed E-state index contributed by atoms with van der Waals surface area (Å²) in [5, 5.41) is 14.5. The van der Waals surface area contributed by atoms with Crippen molar-refractivity contribution in [3.05, 3.63) is 82.3 Å². The first-order valence-electron chi connectivity index (χ1n) is 9.24. The molecule has 0 saturated heterocycles. The topological polar surface area (TPSA) is 70.9 Å². The highest BCUT2D eigenvalue weighted by atomic mass is 35.5. The number of rotatable bonds is 4. The number of anilines is 2. The normalized spacial score (nSPS) is 11.6.